The summed E-state index contributed by atoms with van der Waals surface area (Å²) < 4.78 is 0. The molecule has 0 amide bonds. The second-order valence-electron chi connectivity index (χ2n) is 10.4. The zero-order valence-electron chi connectivity index (χ0n) is 20.7. The lowest BCUT2D eigenvalue weighted by molar-refractivity contribution is -0.0209. The molecule has 2 fully saturated rings. The molecule has 1 aliphatic heterocycles. The number of likely N-dealkylation sites (tertiary alicyclic amines) is 1. The summed E-state index contributed by atoms with van der Waals surface area (Å²) in [5.41, 5.74) is 1.67. The first-order valence-corrected chi connectivity index (χ1v) is 13.7. The number of benzene rings is 1. The molecule has 1 aromatic rings. The quantitative estimate of drug-likeness (QED) is 0.362. The van der Waals surface area contributed by atoms with Crippen LogP contribution < -0.4 is 0 Å². The van der Waals surface area contributed by atoms with E-state index in [9.17, 15) is 0 Å². The summed E-state index contributed by atoms with van der Waals surface area (Å²) in [4.78, 5) is 5.73. The molecule has 2 nitrogen and oxygen atoms in total. The van der Waals surface area contributed by atoms with E-state index in [-0.39, 0.29) is 5.54 Å². The minimum Gasteiger partial charge on any atom is -0.300 e. The summed E-state index contributed by atoms with van der Waals surface area (Å²) in [6.07, 6.45) is 13.2. The maximum absolute atomic E-state index is 6.30. The van der Waals surface area contributed by atoms with Gasteiger partial charge in [0.15, 0.2) is 0 Å². The molecule has 3 unspecified atom stereocenters. The molecule has 1 aliphatic carbocycles. The lowest BCUT2D eigenvalue weighted by atomic mass is 9.68. The van der Waals surface area contributed by atoms with Gasteiger partial charge in [-0.3, -0.25) is 4.90 Å². The molecule has 0 N–H and O–H groups in total. The lowest BCUT2D eigenvalue weighted by Crippen LogP contribution is -2.55. The van der Waals surface area contributed by atoms with E-state index in [1.807, 2.05) is 0 Å². The predicted octanol–water partition coefficient (Wildman–Crippen LogP) is 7.75. The van der Waals surface area contributed by atoms with Crippen LogP contribution in [0.2, 0.25) is 5.02 Å². The van der Waals surface area contributed by atoms with Gasteiger partial charge in [-0.25, -0.2) is 0 Å². The van der Waals surface area contributed by atoms with Crippen molar-refractivity contribution in [1.29, 1.82) is 0 Å². The fourth-order valence-corrected chi connectivity index (χ4v) is 6.53. The Hall–Kier alpha value is -0.570. The molecule has 3 heteroatoms. The molecular formula is C28H47ClN2. The highest BCUT2D eigenvalue weighted by atomic mass is 35.5. The number of hydrogen-bond acceptors (Lipinski definition) is 2. The smallest absolute Gasteiger partial charge is 0.0464 e. The van der Waals surface area contributed by atoms with E-state index in [2.05, 4.69) is 61.8 Å². The summed E-state index contributed by atoms with van der Waals surface area (Å²) in [6.45, 7) is 14.6. The number of halogens is 1. The van der Waals surface area contributed by atoms with E-state index < -0.39 is 0 Å². The second kappa shape index (κ2) is 12.1. The zero-order valence-corrected chi connectivity index (χ0v) is 21.5. The number of hydrogen-bond donors (Lipinski definition) is 0. The van der Waals surface area contributed by atoms with Gasteiger partial charge in [0, 0.05) is 16.6 Å². The predicted molar refractivity (Wildman–Crippen MR) is 136 cm³/mol. The van der Waals surface area contributed by atoms with Crippen LogP contribution in [0.15, 0.2) is 24.3 Å². The molecule has 1 saturated heterocycles. The van der Waals surface area contributed by atoms with Gasteiger partial charge in [-0.05, 0) is 101 Å². The van der Waals surface area contributed by atoms with E-state index in [1.165, 1.54) is 96.0 Å². The average Bonchev–Trinajstić information content (AvgIpc) is 2.79. The highest BCUT2D eigenvalue weighted by molar-refractivity contribution is 6.30. The number of unbranched alkanes of at least 4 members (excludes halogenated alkanes) is 2. The minimum atomic E-state index is 0.173. The summed E-state index contributed by atoms with van der Waals surface area (Å²) >= 11 is 6.30. The Morgan fingerprint density at radius 3 is 2.10 bits per heavy atom. The van der Waals surface area contributed by atoms with Crippen LogP contribution in [0, 0.1) is 11.8 Å². The molecule has 0 spiro atoms. The third-order valence-electron chi connectivity index (χ3n) is 8.42. The van der Waals surface area contributed by atoms with Gasteiger partial charge in [0.05, 0.1) is 0 Å². The van der Waals surface area contributed by atoms with E-state index in [0.29, 0.717) is 0 Å². The van der Waals surface area contributed by atoms with Crippen molar-refractivity contribution in [2.24, 2.45) is 11.8 Å². The Morgan fingerprint density at radius 2 is 1.58 bits per heavy atom. The van der Waals surface area contributed by atoms with Gasteiger partial charge < -0.3 is 4.90 Å². The minimum absolute atomic E-state index is 0.173. The molecule has 1 saturated carbocycles. The Bertz CT molecular complexity index is 629. The van der Waals surface area contributed by atoms with Gasteiger partial charge in [-0.2, -0.15) is 0 Å². The third kappa shape index (κ3) is 6.06. The monoisotopic (exact) mass is 446 g/mol. The fraction of sp³-hybridized carbons (Fsp3) is 0.786. The first-order chi connectivity index (χ1) is 15.0. The van der Waals surface area contributed by atoms with Crippen LogP contribution in [0.5, 0.6) is 0 Å². The molecule has 0 bridgehead atoms. The topological polar surface area (TPSA) is 6.48 Å². The van der Waals surface area contributed by atoms with Gasteiger partial charge in [0.1, 0.15) is 0 Å². The molecule has 1 heterocycles. The number of piperidine rings is 1. The van der Waals surface area contributed by atoms with Gasteiger partial charge in [0.2, 0.25) is 0 Å². The van der Waals surface area contributed by atoms with Crippen LogP contribution in [-0.4, -0.2) is 42.0 Å². The van der Waals surface area contributed by atoms with E-state index >= 15 is 0 Å². The Kier molecular flexibility index (Phi) is 9.74. The maximum atomic E-state index is 6.30. The molecule has 0 radical (unpaired) electrons. The van der Waals surface area contributed by atoms with Gasteiger partial charge in [-0.15, -0.1) is 0 Å². The largest absolute Gasteiger partial charge is 0.300 e. The van der Waals surface area contributed by atoms with Crippen LogP contribution in [0.4, 0.5) is 0 Å². The zero-order chi connectivity index (χ0) is 22.3. The van der Waals surface area contributed by atoms with Crippen molar-refractivity contribution in [2.45, 2.75) is 103 Å². The summed E-state index contributed by atoms with van der Waals surface area (Å²) in [7, 11) is 0. The van der Waals surface area contributed by atoms with Crippen LogP contribution in [0.1, 0.15) is 97.5 Å². The van der Waals surface area contributed by atoms with Crippen LogP contribution in [0.3, 0.4) is 0 Å². The fourth-order valence-electron chi connectivity index (χ4n) is 6.41. The number of rotatable bonds is 10. The molecule has 31 heavy (non-hydrogen) atoms. The van der Waals surface area contributed by atoms with Crippen molar-refractivity contribution in [3.05, 3.63) is 34.9 Å². The van der Waals surface area contributed by atoms with Crippen molar-refractivity contribution < 1.29 is 0 Å². The highest BCUT2D eigenvalue weighted by Crippen LogP contribution is 2.47. The van der Waals surface area contributed by atoms with Gasteiger partial charge in [0.25, 0.3) is 0 Å². The first-order valence-electron chi connectivity index (χ1n) is 13.3. The standard InChI is InChI=1S/C28H47ClN2/c1-5-8-18-31(19-9-6-2)28(25-10-12-26(29)13-11-25)17-14-27(23(4)22-28)30-20-15-24(7-3)16-21-30/h10-13,23-24,27H,5-9,14-22H2,1-4H3. The van der Waals surface area contributed by atoms with Crippen molar-refractivity contribution >= 4 is 11.6 Å². The van der Waals surface area contributed by atoms with Crippen LogP contribution in [-0.2, 0) is 5.54 Å². The van der Waals surface area contributed by atoms with Crippen molar-refractivity contribution in [1.82, 2.24) is 9.80 Å². The summed E-state index contributed by atoms with van der Waals surface area (Å²) in [6, 6.07) is 9.64. The Balaban J connectivity index is 1.83. The summed E-state index contributed by atoms with van der Waals surface area (Å²) in [5, 5.41) is 0.855. The maximum Gasteiger partial charge on any atom is 0.0464 e. The molecule has 3 rings (SSSR count). The first kappa shape index (κ1) is 25.1. The van der Waals surface area contributed by atoms with E-state index in [4.69, 9.17) is 11.6 Å². The van der Waals surface area contributed by atoms with E-state index in [0.717, 1.165) is 22.9 Å². The normalized spacial score (nSPS) is 28.3. The Labute approximate surface area is 197 Å². The molecule has 2 aliphatic rings. The third-order valence-corrected chi connectivity index (χ3v) is 8.67. The average molecular weight is 447 g/mol. The molecule has 3 atom stereocenters. The second-order valence-corrected chi connectivity index (χ2v) is 10.8. The number of nitrogens with zero attached hydrogens (tertiary/aromatic N) is 2. The Morgan fingerprint density at radius 1 is 0.968 bits per heavy atom. The van der Waals surface area contributed by atoms with Crippen LogP contribution >= 0.6 is 11.6 Å². The summed E-state index contributed by atoms with van der Waals surface area (Å²) in [5.74, 6) is 1.69. The molecule has 1 aromatic carbocycles. The lowest BCUT2D eigenvalue weighted by Gasteiger charge is -2.53. The van der Waals surface area contributed by atoms with Crippen molar-refractivity contribution in [3.63, 3.8) is 0 Å². The van der Waals surface area contributed by atoms with E-state index in [1.54, 1.807) is 0 Å². The van der Waals surface area contributed by atoms with Crippen molar-refractivity contribution in [3.8, 4) is 0 Å². The van der Waals surface area contributed by atoms with Crippen molar-refractivity contribution in [2.75, 3.05) is 26.2 Å². The molecule has 0 aromatic heterocycles. The van der Waals surface area contributed by atoms with Crippen LogP contribution in [0.25, 0.3) is 0 Å². The molecule has 176 valence electrons. The SMILES string of the molecule is CCCCN(CCCC)C1(c2ccc(Cl)cc2)CCC(N2CCC(CC)CC2)C(C)C1. The highest BCUT2D eigenvalue weighted by Gasteiger charge is 2.45. The van der Waals surface area contributed by atoms with Gasteiger partial charge in [-0.1, -0.05) is 70.7 Å². The van der Waals surface area contributed by atoms with Gasteiger partial charge >= 0.3 is 0 Å². The molecular weight excluding hydrogens is 400 g/mol.